The first kappa shape index (κ1) is 24.7. The molecule has 34 heavy (non-hydrogen) atoms. The Morgan fingerprint density at radius 3 is 2.53 bits per heavy atom. The zero-order valence-corrected chi connectivity index (χ0v) is 20.0. The summed E-state index contributed by atoms with van der Waals surface area (Å²) in [4.78, 5) is 12.4. The Morgan fingerprint density at radius 2 is 1.88 bits per heavy atom. The number of carbonyl (C=O) groups is 1. The first-order chi connectivity index (χ1) is 16.4. The maximum atomic E-state index is 12.4. The van der Waals surface area contributed by atoms with Gasteiger partial charge in [-0.25, -0.2) is 0 Å². The minimum absolute atomic E-state index is 0.238. The Hall–Kier alpha value is -3.95. The van der Waals surface area contributed by atoms with E-state index in [-0.39, 0.29) is 23.3 Å². The maximum absolute atomic E-state index is 12.4. The van der Waals surface area contributed by atoms with E-state index in [9.17, 15) is 10.1 Å². The van der Waals surface area contributed by atoms with E-state index >= 15 is 0 Å². The molecule has 1 amide bonds. The lowest BCUT2D eigenvalue weighted by molar-refractivity contribution is -0.118. The number of aryl methyl sites for hydroxylation is 1. The van der Waals surface area contributed by atoms with Gasteiger partial charge >= 0.3 is 0 Å². The first-order valence-electron chi connectivity index (χ1n) is 10.7. The van der Waals surface area contributed by atoms with Crippen molar-refractivity contribution >= 4 is 34.8 Å². The van der Waals surface area contributed by atoms with Crippen molar-refractivity contribution in [2.75, 3.05) is 25.6 Å². The van der Waals surface area contributed by atoms with Crippen molar-refractivity contribution < 1.29 is 19.0 Å². The van der Waals surface area contributed by atoms with Crippen molar-refractivity contribution in [3.63, 3.8) is 0 Å². The summed E-state index contributed by atoms with van der Waals surface area (Å²) in [5, 5.41) is 12.7. The van der Waals surface area contributed by atoms with Crippen LogP contribution in [0.2, 0.25) is 5.02 Å². The molecule has 0 unspecified atom stereocenters. The average Bonchev–Trinajstić information content (AvgIpc) is 2.82. The minimum Gasteiger partial charge on any atom is -0.497 e. The largest absolute Gasteiger partial charge is 0.497 e. The fourth-order valence-corrected chi connectivity index (χ4v) is 3.52. The van der Waals surface area contributed by atoms with E-state index in [0.29, 0.717) is 34.9 Å². The predicted octanol–water partition coefficient (Wildman–Crippen LogP) is 6.14. The summed E-state index contributed by atoms with van der Waals surface area (Å²) in [6.45, 7) is 3.92. The highest BCUT2D eigenvalue weighted by Crippen LogP contribution is 2.38. The van der Waals surface area contributed by atoms with Crippen molar-refractivity contribution in [3.05, 3.63) is 82.4 Å². The Balaban J connectivity index is 1.81. The zero-order valence-electron chi connectivity index (χ0n) is 19.2. The van der Waals surface area contributed by atoms with E-state index < -0.39 is 0 Å². The van der Waals surface area contributed by atoms with Crippen LogP contribution in [0.3, 0.4) is 0 Å². The highest BCUT2D eigenvalue weighted by atomic mass is 35.5. The van der Waals surface area contributed by atoms with Crippen molar-refractivity contribution in [1.29, 1.82) is 5.26 Å². The Labute approximate surface area is 204 Å². The van der Waals surface area contributed by atoms with Gasteiger partial charge < -0.3 is 19.5 Å². The molecule has 0 atom stereocenters. The first-order valence-corrected chi connectivity index (χ1v) is 11.0. The molecule has 1 N–H and O–H groups in total. The lowest BCUT2D eigenvalue weighted by Crippen LogP contribution is -2.20. The van der Waals surface area contributed by atoms with Crippen LogP contribution in [-0.2, 0) is 4.79 Å². The van der Waals surface area contributed by atoms with E-state index in [4.69, 9.17) is 25.8 Å². The number of anilines is 1. The molecule has 0 aliphatic rings. The smallest absolute Gasteiger partial charge is 0.262 e. The lowest BCUT2D eigenvalue weighted by atomic mass is 10.0. The third-order valence-electron chi connectivity index (χ3n) is 4.81. The molecule has 0 radical (unpaired) electrons. The highest BCUT2D eigenvalue weighted by Gasteiger charge is 2.15. The summed E-state index contributed by atoms with van der Waals surface area (Å²) in [5.41, 5.74) is 3.58. The number of hydrogen-bond donors (Lipinski definition) is 1. The number of ether oxygens (including phenoxy) is 3. The molecule has 3 aromatic carbocycles. The van der Waals surface area contributed by atoms with Gasteiger partial charge in [-0.1, -0.05) is 23.7 Å². The molecule has 174 valence electrons. The number of carbonyl (C=O) groups excluding carboxylic acids is 1. The molecule has 0 aliphatic carbocycles. The van der Waals surface area contributed by atoms with E-state index in [0.717, 1.165) is 11.1 Å². The van der Waals surface area contributed by atoms with Crippen LogP contribution in [0.1, 0.15) is 23.6 Å². The van der Waals surface area contributed by atoms with Gasteiger partial charge in [-0.05, 0) is 85.1 Å². The lowest BCUT2D eigenvalue weighted by Gasteiger charge is -2.15. The van der Waals surface area contributed by atoms with Crippen molar-refractivity contribution in [1.82, 2.24) is 0 Å². The van der Waals surface area contributed by atoms with Gasteiger partial charge in [0.25, 0.3) is 5.91 Å². The molecular formula is C27H25ClN2O4. The molecule has 0 aromatic heterocycles. The fourth-order valence-electron chi connectivity index (χ4n) is 3.25. The third kappa shape index (κ3) is 6.53. The summed E-state index contributed by atoms with van der Waals surface area (Å²) in [6.07, 6.45) is 1.71. The third-order valence-corrected chi connectivity index (χ3v) is 5.09. The van der Waals surface area contributed by atoms with Gasteiger partial charge in [0.2, 0.25) is 0 Å². The number of amides is 1. The normalized spacial score (nSPS) is 10.9. The van der Waals surface area contributed by atoms with Gasteiger partial charge in [-0.2, -0.15) is 5.26 Å². The molecule has 6 nitrogen and oxygen atoms in total. The number of allylic oxidation sites excluding steroid dienone is 1. The van der Waals surface area contributed by atoms with Crippen molar-refractivity contribution in [3.8, 4) is 23.3 Å². The zero-order chi connectivity index (χ0) is 24.5. The van der Waals surface area contributed by atoms with Gasteiger partial charge in [-0.15, -0.1) is 0 Å². The number of methoxy groups -OCH3 is 1. The van der Waals surface area contributed by atoms with Crippen LogP contribution < -0.4 is 19.5 Å². The molecule has 0 saturated carbocycles. The van der Waals surface area contributed by atoms with E-state index in [1.807, 2.05) is 44.2 Å². The van der Waals surface area contributed by atoms with Crippen LogP contribution in [0.5, 0.6) is 17.2 Å². The van der Waals surface area contributed by atoms with E-state index in [2.05, 4.69) is 11.4 Å². The van der Waals surface area contributed by atoms with Crippen LogP contribution in [0.25, 0.3) is 11.6 Å². The van der Waals surface area contributed by atoms with Crippen molar-refractivity contribution in [2.24, 2.45) is 0 Å². The summed E-state index contributed by atoms with van der Waals surface area (Å²) in [6, 6.07) is 20.3. The summed E-state index contributed by atoms with van der Waals surface area (Å²) in [7, 11) is 1.59. The summed E-state index contributed by atoms with van der Waals surface area (Å²) < 4.78 is 16.6. The van der Waals surface area contributed by atoms with Gasteiger partial charge in [-0.3, -0.25) is 4.79 Å². The number of nitrogens with one attached hydrogen (secondary N) is 1. The molecule has 0 aliphatic heterocycles. The van der Waals surface area contributed by atoms with Gasteiger partial charge in [0, 0.05) is 5.69 Å². The summed E-state index contributed by atoms with van der Waals surface area (Å²) in [5.74, 6) is 1.04. The highest BCUT2D eigenvalue weighted by molar-refractivity contribution is 6.32. The molecule has 3 aromatic rings. The Bertz CT molecular complexity index is 1230. The van der Waals surface area contributed by atoms with Crippen LogP contribution in [0.15, 0.2) is 60.7 Å². The average molecular weight is 477 g/mol. The molecule has 7 heteroatoms. The number of hydrogen-bond acceptors (Lipinski definition) is 5. The van der Waals surface area contributed by atoms with Gasteiger partial charge in [0.1, 0.15) is 5.75 Å². The molecule has 0 saturated heterocycles. The number of rotatable bonds is 9. The van der Waals surface area contributed by atoms with E-state index in [1.165, 1.54) is 0 Å². The monoisotopic (exact) mass is 476 g/mol. The number of benzene rings is 3. The topological polar surface area (TPSA) is 80.6 Å². The van der Waals surface area contributed by atoms with Crippen LogP contribution >= 0.6 is 11.6 Å². The van der Waals surface area contributed by atoms with Crippen LogP contribution in [0, 0.1) is 18.3 Å². The van der Waals surface area contributed by atoms with Gasteiger partial charge in [0.15, 0.2) is 18.1 Å². The second kappa shape index (κ2) is 11.8. The second-order valence-corrected chi connectivity index (χ2v) is 7.77. The number of halogens is 1. The molecule has 0 bridgehead atoms. The summed E-state index contributed by atoms with van der Waals surface area (Å²) >= 11 is 6.48. The molecule has 0 spiro atoms. The fraction of sp³-hybridized carbons (Fsp3) is 0.185. The second-order valence-electron chi connectivity index (χ2n) is 7.37. The number of nitriles is 1. The van der Waals surface area contributed by atoms with Crippen molar-refractivity contribution in [2.45, 2.75) is 13.8 Å². The van der Waals surface area contributed by atoms with Crippen LogP contribution in [0.4, 0.5) is 5.69 Å². The number of nitrogens with zero attached hydrogens (tertiary/aromatic N) is 1. The quantitative estimate of drug-likeness (QED) is 0.296. The van der Waals surface area contributed by atoms with E-state index in [1.54, 1.807) is 43.5 Å². The molecular weight excluding hydrogens is 452 g/mol. The standard InChI is InChI=1S/C27H25ClN2O4/c1-4-33-25-15-19(13-21(16-29)20-8-10-23(32-3)11-9-20)14-24(28)27(25)34-17-26(31)30-22-7-5-6-18(2)12-22/h5-15H,4,17H2,1-3H3,(H,30,31)/b21-13+. The predicted molar refractivity (Wildman–Crippen MR) is 134 cm³/mol. The molecule has 0 heterocycles. The molecule has 3 rings (SSSR count). The maximum Gasteiger partial charge on any atom is 0.262 e. The molecule has 0 fully saturated rings. The minimum atomic E-state index is -0.320. The Morgan fingerprint density at radius 1 is 1.12 bits per heavy atom. The van der Waals surface area contributed by atoms with Gasteiger partial charge in [0.05, 0.1) is 30.4 Å². The van der Waals surface area contributed by atoms with Crippen LogP contribution in [-0.4, -0.2) is 26.2 Å². The SMILES string of the molecule is CCOc1cc(/C=C(\C#N)c2ccc(OC)cc2)cc(Cl)c1OCC(=O)Nc1cccc(C)c1. The Kier molecular flexibility index (Phi) is 8.55.